The normalized spacial score (nSPS) is 10.5. The maximum Gasteiger partial charge on any atom is 0.0698 e. The van der Waals surface area contributed by atoms with Crippen molar-refractivity contribution in [3.05, 3.63) is 22.7 Å². The predicted molar refractivity (Wildman–Crippen MR) is 74.3 cm³/mol. The second-order valence-corrected chi connectivity index (χ2v) is 4.53. The predicted octanol–water partition coefficient (Wildman–Crippen LogP) is 1.87. The zero-order chi connectivity index (χ0) is 12.7. The summed E-state index contributed by atoms with van der Waals surface area (Å²) >= 11 is 3.44. The maximum atomic E-state index is 8.62. The number of nitrogens with two attached hydrogens (primary N) is 1. The number of nitrogens with zero attached hydrogens (tertiary/aromatic N) is 1. The van der Waals surface area contributed by atoms with Crippen molar-refractivity contribution in [3.8, 4) is 0 Å². The van der Waals surface area contributed by atoms with Crippen molar-refractivity contribution >= 4 is 27.3 Å². The Morgan fingerprint density at radius 3 is 2.82 bits per heavy atom. The van der Waals surface area contributed by atoms with Crippen LogP contribution in [0.25, 0.3) is 0 Å². The van der Waals surface area contributed by atoms with Crippen LogP contribution in [-0.2, 0) is 4.74 Å². The lowest BCUT2D eigenvalue weighted by Gasteiger charge is -2.24. The van der Waals surface area contributed by atoms with Gasteiger partial charge >= 0.3 is 0 Å². The molecular weight excluding hydrogens is 284 g/mol. The second-order valence-electron chi connectivity index (χ2n) is 3.62. The maximum absolute atomic E-state index is 8.62. The number of halogens is 1. The zero-order valence-electron chi connectivity index (χ0n) is 10.0. The van der Waals surface area contributed by atoms with E-state index in [1.807, 2.05) is 18.2 Å². The summed E-state index contributed by atoms with van der Waals surface area (Å²) in [6, 6.07) is 5.82. The van der Waals surface area contributed by atoms with E-state index in [0.29, 0.717) is 13.2 Å². The number of anilines is 2. The van der Waals surface area contributed by atoms with E-state index in [-0.39, 0.29) is 6.61 Å². The van der Waals surface area contributed by atoms with Crippen molar-refractivity contribution in [2.24, 2.45) is 0 Å². The minimum Gasteiger partial charge on any atom is -0.397 e. The van der Waals surface area contributed by atoms with Gasteiger partial charge in [-0.3, -0.25) is 0 Å². The summed E-state index contributed by atoms with van der Waals surface area (Å²) < 4.78 is 6.27. The molecule has 4 nitrogen and oxygen atoms in total. The molecule has 0 fully saturated rings. The van der Waals surface area contributed by atoms with Crippen molar-refractivity contribution in [2.45, 2.75) is 6.92 Å². The first-order valence-electron chi connectivity index (χ1n) is 5.67. The summed E-state index contributed by atoms with van der Waals surface area (Å²) in [5.74, 6) is 0. The van der Waals surface area contributed by atoms with Gasteiger partial charge in [-0.1, -0.05) is 15.9 Å². The van der Waals surface area contributed by atoms with Crippen LogP contribution in [-0.4, -0.2) is 38.0 Å². The summed E-state index contributed by atoms with van der Waals surface area (Å²) in [7, 11) is 0. The topological polar surface area (TPSA) is 58.7 Å². The van der Waals surface area contributed by atoms with Crippen LogP contribution in [0.3, 0.4) is 0 Å². The number of hydrogen-bond donors (Lipinski definition) is 2. The van der Waals surface area contributed by atoms with Crippen LogP contribution in [0.4, 0.5) is 11.4 Å². The number of aliphatic hydroxyl groups is 1. The number of hydrogen-bond acceptors (Lipinski definition) is 4. The summed E-state index contributed by atoms with van der Waals surface area (Å²) in [4.78, 5) is 2.15. The molecule has 0 aliphatic rings. The van der Waals surface area contributed by atoms with Crippen LogP contribution >= 0.6 is 15.9 Å². The third kappa shape index (κ3) is 4.53. The molecule has 0 aliphatic heterocycles. The first kappa shape index (κ1) is 14.3. The molecule has 0 aromatic heterocycles. The van der Waals surface area contributed by atoms with Gasteiger partial charge in [-0.15, -0.1) is 0 Å². The van der Waals surface area contributed by atoms with Gasteiger partial charge in [0.25, 0.3) is 0 Å². The number of ether oxygens (including phenoxy) is 1. The number of aliphatic hydroxyl groups excluding tert-OH is 1. The molecular formula is C12H19BrN2O2. The fraction of sp³-hybridized carbons (Fsp3) is 0.500. The Morgan fingerprint density at radius 1 is 1.41 bits per heavy atom. The molecule has 96 valence electrons. The molecule has 0 atom stereocenters. The van der Waals surface area contributed by atoms with Crippen molar-refractivity contribution in [1.82, 2.24) is 0 Å². The third-order valence-electron chi connectivity index (χ3n) is 2.46. The molecule has 0 radical (unpaired) electrons. The van der Waals surface area contributed by atoms with E-state index in [9.17, 15) is 0 Å². The molecule has 0 saturated heterocycles. The zero-order valence-corrected chi connectivity index (χ0v) is 11.6. The van der Waals surface area contributed by atoms with Crippen LogP contribution in [0.2, 0.25) is 0 Å². The van der Waals surface area contributed by atoms with Crippen LogP contribution in [0.5, 0.6) is 0 Å². The number of nitrogen functional groups attached to an aromatic ring is 1. The van der Waals surface area contributed by atoms with Crippen LogP contribution in [0.15, 0.2) is 22.7 Å². The van der Waals surface area contributed by atoms with Crippen molar-refractivity contribution in [3.63, 3.8) is 0 Å². The number of benzene rings is 1. The van der Waals surface area contributed by atoms with Crippen LogP contribution in [0, 0.1) is 0 Å². The lowest BCUT2D eigenvalue weighted by molar-refractivity contribution is 0.0967. The molecule has 17 heavy (non-hydrogen) atoms. The molecule has 0 amide bonds. The molecule has 0 heterocycles. The minimum atomic E-state index is 0.0607. The first-order valence-corrected chi connectivity index (χ1v) is 6.47. The summed E-state index contributed by atoms with van der Waals surface area (Å²) in [6.45, 7) is 4.73. The van der Waals surface area contributed by atoms with E-state index in [1.54, 1.807) is 0 Å². The van der Waals surface area contributed by atoms with Crippen LogP contribution in [0.1, 0.15) is 6.92 Å². The van der Waals surface area contributed by atoms with Crippen molar-refractivity contribution in [1.29, 1.82) is 0 Å². The highest BCUT2D eigenvalue weighted by atomic mass is 79.9. The Morgan fingerprint density at radius 2 is 2.18 bits per heavy atom. The largest absolute Gasteiger partial charge is 0.397 e. The molecule has 1 rings (SSSR count). The van der Waals surface area contributed by atoms with Gasteiger partial charge in [0.15, 0.2) is 0 Å². The average Bonchev–Trinajstić information content (AvgIpc) is 2.33. The van der Waals surface area contributed by atoms with Gasteiger partial charge in [0.05, 0.1) is 31.2 Å². The van der Waals surface area contributed by atoms with Gasteiger partial charge < -0.3 is 20.5 Å². The van der Waals surface area contributed by atoms with Gasteiger partial charge in [0, 0.05) is 17.6 Å². The Kier molecular flexibility index (Phi) is 6.32. The van der Waals surface area contributed by atoms with E-state index < -0.39 is 0 Å². The fourth-order valence-electron chi connectivity index (χ4n) is 1.58. The molecule has 1 aromatic carbocycles. The van der Waals surface area contributed by atoms with Gasteiger partial charge in [-0.05, 0) is 25.1 Å². The number of rotatable bonds is 7. The lowest BCUT2D eigenvalue weighted by Crippen LogP contribution is -2.28. The average molecular weight is 303 g/mol. The standard InChI is InChI=1S/C12H19BrN2O2/c1-2-15(5-7-17-8-6-16)12-9-10(13)3-4-11(12)14/h3-4,9,16H,2,5-8,14H2,1H3. The minimum absolute atomic E-state index is 0.0607. The molecule has 0 bridgehead atoms. The Labute approximate surface area is 110 Å². The quantitative estimate of drug-likeness (QED) is 0.596. The SMILES string of the molecule is CCN(CCOCCO)c1cc(Br)ccc1N. The third-order valence-corrected chi connectivity index (χ3v) is 2.95. The monoisotopic (exact) mass is 302 g/mol. The van der Waals surface area contributed by atoms with Gasteiger partial charge in [0.1, 0.15) is 0 Å². The second kappa shape index (κ2) is 7.53. The molecule has 0 spiro atoms. The first-order chi connectivity index (χ1) is 8.19. The van der Waals surface area contributed by atoms with Gasteiger partial charge in [-0.2, -0.15) is 0 Å². The van der Waals surface area contributed by atoms with E-state index in [4.69, 9.17) is 15.6 Å². The smallest absolute Gasteiger partial charge is 0.0698 e. The molecule has 0 aliphatic carbocycles. The Bertz CT molecular complexity index is 347. The highest BCUT2D eigenvalue weighted by Crippen LogP contribution is 2.26. The Balaban J connectivity index is 2.62. The highest BCUT2D eigenvalue weighted by Gasteiger charge is 2.08. The Hall–Kier alpha value is -0.780. The summed E-state index contributed by atoms with van der Waals surface area (Å²) in [5, 5.41) is 8.62. The van der Waals surface area contributed by atoms with E-state index >= 15 is 0 Å². The van der Waals surface area contributed by atoms with E-state index in [0.717, 1.165) is 28.9 Å². The van der Waals surface area contributed by atoms with Crippen molar-refractivity contribution in [2.75, 3.05) is 43.5 Å². The van der Waals surface area contributed by atoms with Crippen LogP contribution < -0.4 is 10.6 Å². The van der Waals surface area contributed by atoms with Gasteiger partial charge in [0.2, 0.25) is 0 Å². The lowest BCUT2D eigenvalue weighted by atomic mass is 10.2. The molecule has 0 unspecified atom stereocenters. The summed E-state index contributed by atoms with van der Waals surface area (Å²) in [5.41, 5.74) is 7.72. The molecule has 0 saturated carbocycles. The fourth-order valence-corrected chi connectivity index (χ4v) is 1.93. The highest BCUT2D eigenvalue weighted by molar-refractivity contribution is 9.10. The molecule has 1 aromatic rings. The molecule has 5 heteroatoms. The van der Waals surface area contributed by atoms with E-state index in [2.05, 4.69) is 27.8 Å². The summed E-state index contributed by atoms with van der Waals surface area (Å²) in [6.07, 6.45) is 0. The molecule has 3 N–H and O–H groups in total. The van der Waals surface area contributed by atoms with Gasteiger partial charge in [-0.25, -0.2) is 0 Å². The van der Waals surface area contributed by atoms with Crippen molar-refractivity contribution < 1.29 is 9.84 Å². The number of likely N-dealkylation sites (N-methyl/N-ethyl adjacent to an activating group) is 1. The van der Waals surface area contributed by atoms with E-state index in [1.165, 1.54) is 0 Å².